The molecule has 0 amide bonds. The molecule has 0 aromatic heterocycles. The molecule has 0 fully saturated rings. The molecule has 1 rings (SSSR count). The van der Waals surface area contributed by atoms with Crippen LogP contribution in [0.2, 0.25) is 0 Å². The van der Waals surface area contributed by atoms with Crippen molar-refractivity contribution < 1.29 is 18.1 Å². The lowest BCUT2D eigenvalue weighted by Crippen LogP contribution is -2.02. The molecule has 4 N–H and O–H groups in total. The van der Waals surface area contributed by atoms with Crippen LogP contribution in [0.3, 0.4) is 0 Å². The highest BCUT2D eigenvalue weighted by Gasteiger charge is 2.10. The molecule has 13 heavy (non-hydrogen) atoms. The van der Waals surface area contributed by atoms with Gasteiger partial charge >= 0.3 is 0 Å². The van der Waals surface area contributed by atoms with Crippen molar-refractivity contribution in [1.82, 2.24) is 0 Å². The molecule has 0 bridgehead atoms. The van der Waals surface area contributed by atoms with Gasteiger partial charge in [0, 0.05) is 11.3 Å². The number of anilines is 1. The second kappa shape index (κ2) is 3.23. The summed E-state index contributed by atoms with van der Waals surface area (Å²) in [6.45, 7) is 0. The van der Waals surface area contributed by atoms with Gasteiger partial charge in [0.05, 0.1) is 0 Å². The van der Waals surface area contributed by atoms with Crippen LogP contribution in [0.25, 0.3) is 0 Å². The summed E-state index contributed by atoms with van der Waals surface area (Å²) in [5.41, 5.74) is 5.77. The Morgan fingerprint density at radius 2 is 2.00 bits per heavy atom. The fourth-order valence-corrected chi connectivity index (χ4v) is 1.54. The number of nitrogen functional groups attached to an aromatic ring is 1. The van der Waals surface area contributed by atoms with E-state index in [2.05, 4.69) is 0 Å². The standard InChI is InChI=1S/C7H9NO4S/c8-6-1-2-7(9)5(3-6)4-13(10,11)12/h1-3,9H,4,8H2,(H,10,11,12). The summed E-state index contributed by atoms with van der Waals surface area (Å²) in [6, 6.07) is 4.00. The Kier molecular flexibility index (Phi) is 2.44. The van der Waals surface area contributed by atoms with Gasteiger partial charge in [-0.3, -0.25) is 4.55 Å². The van der Waals surface area contributed by atoms with Gasteiger partial charge in [-0.05, 0) is 18.2 Å². The van der Waals surface area contributed by atoms with E-state index in [1.54, 1.807) is 0 Å². The first-order chi connectivity index (χ1) is 5.88. The summed E-state index contributed by atoms with van der Waals surface area (Å²) in [7, 11) is -4.13. The molecule has 6 heteroatoms. The second-order valence-electron chi connectivity index (χ2n) is 2.61. The fraction of sp³-hybridized carbons (Fsp3) is 0.143. The van der Waals surface area contributed by atoms with Crippen molar-refractivity contribution in [2.45, 2.75) is 5.75 Å². The molecule has 0 aliphatic rings. The SMILES string of the molecule is Nc1ccc(O)c(CS(=O)(=O)O)c1. The summed E-state index contributed by atoms with van der Waals surface area (Å²) in [5, 5.41) is 9.17. The van der Waals surface area contributed by atoms with Crippen LogP contribution in [0.4, 0.5) is 5.69 Å². The summed E-state index contributed by atoms with van der Waals surface area (Å²) in [4.78, 5) is 0. The molecular formula is C7H9NO4S. The number of hydrogen-bond acceptors (Lipinski definition) is 4. The highest BCUT2D eigenvalue weighted by molar-refractivity contribution is 7.85. The molecule has 0 saturated carbocycles. The molecule has 0 aliphatic heterocycles. The lowest BCUT2D eigenvalue weighted by molar-refractivity contribution is 0.462. The van der Waals surface area contributed by atoms with Crippen LogP contribution >= 0.6 is 0 Å². The lowest BCUT2D eigenvalue weighted by atomic mass is 10.2. The molecule has 5 nitrogen and oxygen atoms in total. The molecule has 0 atom stereocenters. The number of rotatable bonds is 2. The Bertz CT molecular complexity index is 413. The maximum absolute atomic E-state index is 10.5. The summed E-state index contributed by atoms with van der Waals surface area (Å²) in [5.74, 6) is -0.837. The van der Waals surface area contributed by atoms with Crippen LogP contribution in [-0.2, 0) is 15.9 Å². The van der Waals surface area contributed by atoms with Crippen molar-refractivity contribution in [2.24, 2.45) is 0 Å². The van der Waals surface area contributed by atoms with Crippen LogP contribution in [0.1, 0.15) is 5.56 Å². The van der Waals surface area contributed by atoms with Gasteiger partial charge < -0.3 is 10.8 Å². The summed E-state index contributed by atoms with van der Waals surface area (Å²) in [6.07, 6.45) is 0. The van der Waals surface area contributed by atoms with Crippen LogP contribution in [0, 0.1) is 0 Å². The van der Waals surface area contributed by atoms with Crippen molar-refractivity contribution in [3.05, 3.63) is 23.8 Å². The van der Waals surface area contributed by atoms with E-state index in [4.69, 9.17) is 15.4 Å². The average Bonchev–Trinajstić information content (AvgIpc) is 1.94. The predicted molar refractivity (Wildman–Crippen MR) is 47.8 cm³/mol. The predicted octanol–water partition coefficient (Wildman–Crippen LogP) is 0.362. The normalized spacial score (nSPS) is 11.5. The van der Waals surface area contributed by atoms with E-state index in [1.165, 1.54) is 18.2 Å². The molecule has 0 unspecified atom stereocenters. The molecule has 0 saturated heterocycles. The highest BCUT2D eigenvalue weighted by Crippen LogP contribution is 2.21. The summed E-state index contributed by atoms with van der Waals surface area (Å²) >= 11 is 0. The van der Waals surface area contributed by atoms with Crippen molar-refractivity contribution in [3.8, 4) is 5.75 Å². The third-order valence-electron chi connectivity index (χ3n) is 1.44. The Balaban J connectivity index is 3.08. The average molecular weight is 203 g/mol. The molecule has 1 aromatic rings. The number of hydrogen-bond donors (Lipinski definition) is 3. The van der Waals surface area contributed by atoms with Crippen molar-refractivity contribution in [1.29, 1.82) is 0 Å². The number of nitrogens with two attached hydrogens (primary N) is 1. The molecule has 0 radical (unpaired) electrons. The van der Waals surface area contributed by atoms with Gasteiger partial charge in [-0.2, -0.15) is 8.42 Å². The van der Waals surface area contributed by atoms with E-state index in [1.807, 2.05) is 0 Å². The first kappa shape index (κ1) is 9.82. The highest BCUT2D eigenvalue weighted by atomic mass is 32.2. The third-order valence-corrected chi connectivity index (χ3v) is 2.12. The monoisotopic (exact) mass is 203 g/mol. The molecule has 0 heterocycles. The fourth-order valence-electron chi connectivity index (χ4n) is 0.918. The first-order valence-electron chi connectivity index (χ1n) is 3.41. The van der Waals surface area contributed by atoms with Crippen molar-refractivity contribution in [3.63, 3.8) is 0 Å². The van der Waals surface area contributed by atoms with Gasteiger partial charge in [0.2, 0.25) is 0 Å². The van der Waals surface area contributed by atoms with Gasteiger partial charge in [-0.15, -0.1) is 0 Å². The molecule has 0 spiro atoms. The first-order valence-corrected chi connectivity index (χ1v) is 5.02. The molecule has 1 aromatic carbocycles. The number of phenols is 1. The maximum atomic E-state index is 10.5. The Hall–Kier alpha value is -1.27. The van der Waals surface area contributed by atoms with E-state index in [-0.39, 0.29) is 11.3 Å². The van der Waals surface area contributed by atoms with Gasteiger partial charge in [0.1, 0.15) is 11.5 Å². The zero-order chi connectivity index (χ0) is 10.1. The zero-order valence-corrected chi connectivity index (χ0v) is 7.45. The molecule has 0 aliphatic carbocycles. The van der Waals surface area contributed by atoms with E-state index in [9.17, 15) is 8.42 Å². The smallest absolute Gasteiger partial charge is 0.269 e. The number of benzene rings is 1. The minimum Gasteiger partial charge on any atom is -0.508 e. The van der Waals surface area contributed by atoms with Crippen molar-refractivity contribution in [2.75, 3.05) is 5.73 Å². The lowest BCUT2D eigenvalue weighted by Gasteiger charge is -2.02. The largest absolute Gasteiger partial charge is 0.508 e. The Labute approximate surface area is 75.6 Å². The maximum Gasteiger partial charge on any atom is 0.269 e. The quantitative estimate of drug-likeness (QED) is 0.366. The zero-order valence-electron chi connectivity index (χ0n) is 6.64. The molecule has 72 valence electrons. The Morgan fingerprint density at radius 3 is 2.54 bits per heavy atom. The van der Waals surface area contributed by atoms with Crippen molar-refractivity contribution >= 4 is 15.8 Å². The van der Waals surface area contributed by atoms with E-state index in [0.29, 0.717) is 5.69 Å². The van der Waals surface area contributed by atoms with Gasteiger partial charge in [-0.1, -0.05) is 0 Å². The van der Waals surface area contributed by atoms with Crippen LogP contribution < -0.4 is 5.73 Å². The number of phenolic OH excluding ortho intramolecular Hbond substituents is 1. The van der Waals surface area contributed by atoms with Gasteiger partial charge in [0.25, 0.3) is 10.1 Å². The van der Waals surface area contributed by atoms with Crippen LogP contribution in [0.5, 0.6) is 5.75 Å². The van der Waals surface area contributed by atoms with Gasteiger partial charge in [0.15, 0.2) is 0 Å². The summed E-state index contributed by atoms with van der Waals surface area (Å²) < 4.78 is 29.4. The third kappa shape index (κ3) is 2.92. The van der Waals surface area contributed by atoms with E-state index >= 15 is 0 Å². The molecular weight excluding hydrogens is 194 g/mol. The minimum absolute atomic E-state index is 0.0856. The topological polar surface area (TPSA) is 101 Å². The van der Waals surface area contributed by atoms with Crippen LogP contribution in [0.15, 0.2) is 18.2 Å². The van der Waals surface area contributed by atoms with Crippen LogP contribution in [-0.4, -0.2) is 18.1 Å². The number of aromatic hydroxyl groups is 1. The van der Waals surface area contributed by atoms with E-state index in [0.717, 1.165) is 0 Å². The van der Waals surface area contributed by atoms with E-state index < -0.39 is 15.9 Å². The minimum atomic E-state index is -4.13. The Morgan fingerprint density at radius 1 is 1.38 bits per heavy atom. The van der Waals surface area contributed by atoms with Gasteiger partial charge in [-0.25, -0.2) is 0 Å². The second-order valence-corrected chi connectivity index (χ2v) is 4.07.